The first kappa shape index (κ1) is 14.3. The number of amides is 2. The number of likely N-dealkylation sites (N-methyl/N-ethyl adjacent to an activating group) is 1. The number of rotatable bonds is 4. The predicted molar refractivity (Wildman–Crippen MR) is 73.6 cm³/mol. The number of nitrogens with one attached hydrogen (secondary N) is 2. The Labute approximate surface area is 115 Å². The number of hydrogen-bond donors (Lipinski definition) is 2. The van der Waals surface area contributed by atoms with E-state index in [1.54, 1.807) is 11.9 Å². The normalized spacial score (nSPS) is 25.4. The zero-order chi connectivity index (χ0) is 13.7. The highest BCUT2D eigenvalue weighted by Gasteiger charge is 2.27. The molecule has 19 heavy (non-hydrogen) atoms. The molecule has 2 fully saturated rings. The first-order valence-corrected chi connectivity index (χ1v) is 7.42. The first-order valence-electron chi connectivity index (χ1n) is 7.42. The van der Waals surface area contributed by atoms with Crippen LogP contribution in [0.2, 0.25) is 0 Å². The van der Waals surface area contributed by atoms with Gasteiger partial charge in [0.1, 0.15) is 6.04 Å². The summed E-state index contributed by atoms with van der Waals surface area (Å²) in [4.78, 5) is 25.5. The molecule has 2 aliphatic rings. The Kier molecular flexibility index (Phi) is 5.19. The van der Waals surface area contributed by atoms with Crippen molar-refractivity contribution in [2.24, 2.45) is 5.92 Å². The number of likely N-dealkylation sites (tertiary alicyclic amines) is 1. The van der Waals surface area contributed by atoms with Crippen molar-refractivity contribution in [3.63, 3.8) is 0 Å². The summed E-state index contributed by atoms with van der Waals surface area (Å²) in [6.07, 6.45) is 5.59. The van der Waals surface area contributed by atoms with Crippen molar-refractivity contribution >= 4 is 11.8 Å². The predicted octanol–water partition coefficient (Wildman–Crippen LogP) is 0.503. The van der Waals surface area contributed by atoms with Crippen LogP contribution in [0.25, 0.3) is 0 Å². The van der Waals surface area contributed by atoms with E-state index in [1.165, 1.54) is 12.8 Å². The Bertz CT molecular complexity index is 327. The number of nitrogens with zero attached hydrogens (tertiary/aromatic N) is 1. The van der Waals surface area contributed by atoms with E-state index in [4.69, 9.17) is 0 Å². The van der Waals surface area contributed by atoms with E-state index in [-0.39, 0.29) is 17.9 Å². The van der Waals surface area contributed by atoms with Crippen LogP contribution in [0.3, 0.4) is 0 Å². The van der Waals surface area contributed by atoms with Crippen molar-refractivity contribution < 1.29 is 9.59 Å². The molecule has 2 rings (SSSR count). The summed E-state index contributed by atoms with van der Waals surface area (Å²) < 4.78 is 0. The third kappa shape index (κ3) is 4.20. The molecule has 0 spiro atoms. The van der Waals surface area contributed by atoms with Gasteiger partial charge in [0.05, 0.1) is 0 Å². The molecular weight excluding hydrogens is 242 g/mol. The highest BCUT2D eigenvalue weighted by Crippen LogP contribution is 2.18. The molecule has 5 nitrogen and oxygen atoms in total. The van der Waals surface area contributed by atoms with Gasteiger partial charge in [-0.3, -0.25) is 9.59 Å². The zero-order valence-electron chi connectivity index (χ0n) is 11.8. The van der Waals surface area contributed by atoms with E-state index in [1.807, 2.05) is 0 Å². The third-order valence-corrected chi connectivity index (χ3v) is 4.23. The van der Waals surface area contributed by atoms with Gasteiger partial charge in [0.15, 0.2) is 0 Å². The standard InChI is InChI=1S/C14H25N3O2/c1-17-10-2-3-12(14(17)19)16-13(18)5-4-11-6-8-15-9-7-11/h11-12,15H,2-10H2,1H3,(H,16,18). The van der Waals surface area contributed by atoms with Crippen LogP contribution < -0.4 is 10.6 Å². The van der Waals surface area contributed by atoms with Crippen LogP contribution in [-0.4, -0.2) is 49.4 Å². The molecule has 0 bridgehead atoms. The molecule has 0 aliphatic carbocycles. The second-order valence-electron chi connectivity index (χ2n) is 5.75. The van der Waals surface area contributed by atoms with Gasteiger partial charge in [0.25, 0.3) is 0 Å². The number of carbonyl (C=O) groups is 2. The van der Waals surface area contributed by atoms with Gasteiger partial charge in [-0.2, -0.15) is 0 Å². The van der Waals surface area contributed by atoms with Crippen molar-refractivity contribution in [1.29, 1.82) is 0 Å². The minimum atomic E-state index is -0.292. The molecule has 2 N–H and O–H groups in total. The molecule has 0 saturated carbocycles. The van der Waals surface area contributed by atoms with Crippen LogP contribution in [0.5, 0.6) is 0 Å². The van der Waals surface area contributed by atoms with Crippen LogP contribution >= 0.6 is 0 Å². The lowest BCUT2D eigenvalue weighted by Gasteiger charge is -2.30. The van der Waals surface area contributed by atoms with Gasteiger partial charge in [-0.25, -0.2) is 0 Å². The smallest absolute Gasteiger partial charge is 0.244 e. The quantitative estimate of drug-likeness (QED) is 0.780. The fourth-order valence-corrected chi connectivity index (χ4v) is 2.94. The third-order valence-electron chi connectivity index (χ3n) is 4.23. The van der Waals surface area contributed by atoms with Gasteiger partial charge in [-0.05, 0) is 51.1 Å². The molecule has 2 amide bonds. The number of hydrogen-bond acceptors (Lipinski definition) is 3. The van der Waals surface area contributed by atoms with Crippen molar-refractivity contribution in [1.82, 2.24) is 15.5 Å². The average molecular weight is 267 g/mol. The molecule has 0 aromatic rings. The molecule has 1 unspecified atom stereocenters. The van der Waals surface area contributed by atoms with Gasteiger partial charge in [0, 0.05) is 20.0 Å². The maximum atomic E-state index is 11.9. The van der Waals surface area contributed by atoms with E-state index in [0.29, 0.717) is 12.3 Å². The molecule has 1 atom stereocenters. The second-order valence-corrected chi connectivity index (χ2v) is 5.75. The first-order chi connectivity index (χ1) is 9.16. The minimum absolute atomic E-state index is 0.0344. The summed E-state index contributed by atoms with van der Waals surface area (Å²) >= 11 is 0. The Morgan fingerprint density at radius 3 is 2.84 bits per heavy atom. The summed E-state index contributed by atoms with van der Waals surface area (Å²) in [5.41, 5.74) is 0. The van der Waals surface area contributed by atoms with Crippen LogP contribution in [0, 0.1) is 5.92 Å². The Hall–Kier alpha value is -1.10. The van der Waals surface area contributed by atoms with Gasteiger partial charge >= 0.3 is 0 Å². The lowest BCUT2D eigenvalue weighted by molar-refractivity contribution is -0.137. The van der Waals surface area contributed by atoms with Crippen molar-refractivity contribution in [2.75, 3.05) is 26.7 Å². The minimum Gasteiger partial charge on any atom is -0.344 e. The Morgan fingerprint density at radius 2 is 2.11 bits per heavy atom. The van der Waals surface area contributed by atoms with E-state index in [0.717, 1.165) is 38.9 Å². The molecule has 0 aromatic carbocycles. The summed E-state index contributed by atoms with van der Waals surface area (Å²) in [6, 6.07) is -0.292. The average Bonchev–Trinajstić information content (AvgIpc) is 2.43. The fraction of sp³-hybridized carbons (Fsp3) is 0.857. The maximum Gasteiger partial charge on any atom is 0.244 e. The summed E-state index contributed by atoms with van der Waals surface area (Å²) in [5, 5.41) is 6.22. The van der Waals surface area contributed by atoms with E-state index in [9.17, 15) is 9.59 Å². The van der Waals surface area contributed by atoms with Gasteiger partial charge in [-0.15, -0.1) is 0 Å². The van der Waals surface area contributed by atoms with E-state index >= 15 is 0 Å². The molecule has 2 heterocycles. The Balaban J connectivity index is 1.70. The summed E-state index contributed by atoms with van der Waals surface area (Å²) in [7, 11) is 1.80. The lowest BCUT2D eigenvalue weighted by atomic mass is 9.93. The lowest BCUT2D eigenvalue weighted by Crippen LogP contribution is -2.50. The topological polar surface area (TPSA) is 61.4 Å². The van der Waals surface area contributed by atoms with Crippen LogP contribution in [0.15, 0.2) is 0 Å². The molecule has 108 valence electrons. The molecule has 2 aliphatic heterocycles. The van der Waals surface area contributed by atoms with Gasteiger partial charge in [-0.1, -0.05) is 0 Å². The monoisotopic (exact) mass is 267 g/mol. The zero-order valence-corrected chi connectivity index (χ0v) is 11.8. The van der Waals surface area contributed by atoms with Crippen LogP contribution in [0.4, 0.5) is 0 Å². The van der Waals surface area contributed by atoms with Crippen molar-refractivity contribution in [3.8, 4) is 0 Å². The number of carbonyl (C=O) groups excluding carboxylic acids is 2. The summed E-state index contributed by atoms with van der Waals surface area (Å²) in [5.74, 6) is 0.755. The van der Waals surface area contributed by atoms with Gasteiger partial charge in [0.2, 0.25) is 11.8 Å². The van der Waals surface area contributed by atoms with Crippen LogP contribution in [0.1, 0.15) is 38.5 Å². The van der Waals surface area contributed by atoms with E-state index < -0.39 is 0 Å². The maximum absolute atomic E-state index is 11.9. The molecular formula is C14H25N3O2. The summed E-state index contributed by atoms with van der Waals surface area (Å²) in [6.45, 7) is 2.94. The highest BCUT2D eigenvalue weighted by atomic mass is 16.2. The molecule has 5 heteroatoms. The largest absolute Gasteiger partial charge is 0.344 e. The van der Waals surface area contributed by atoms with Crippen molar-refractivity contribution in [2.45, 2.75) is 44.6 Å². The van der Waals surface area contributed by atoms with Crippen LogP contribution in [-0.2, 0) is 9.59 Å². The fourth-order valence-electron chi connectivity index (χ4n) is 2.94. The molecule has 0 radical (unpaired) electrons. The second kappa shape index (κ2) is 6.89. The molecule has 2 saturated heterocycles. The van der Waals surface area contributed by atoms with E-state index in [2.05, 4.69) is 10.6 Å². The Morgan fingerprint density at radius 1 is 1.37 bits per heavy atom. The highest BCUT2D eigenvalue weighted by molar-refractivity contribution is 5.87. The van der Waals surface area contributed by atoms with Gasteiger partial charge < -0.3 is 15.5 Å². The molecule has 0 aromatic heterocycles. The number of piperidine rings is 2. The van der Waals surface area contributed by atoms with Crippen molar-refractivity contribution in [3.05, 3.63) is 0 Å². The SMILES string of the molecule is CN1CCCC(NC(=O)CCC2CCNCC2)C1=O.